The van der Waals surface area contributed by atoms with Gasteiger partial charge in [0.1, 0.15) is 11.5 Å². The van der Waals surface area contributed by atoms with Gasteiger partial charge in [-0.2, -0.15) is 0 Å². The van der Waals surface area contributed by atoms with Crippen molar-refractivity contribution in [1.29, 1.82) is 0 Å². The van der Waals surface area contributed by atoms with Crippen LogP contribution in [0.4, 0.5) is 0 Å². The highest BCUT2D eigenvalue weighted by atomic mass is 16.3. The molecule has 0 aliphatic carbocycles. The fraction of sp³-hybridized carbons (Fsp3) is 0.600. The smallest absolute Gasteiger partial charge is 0.124 e. The molecule has 1 aliphatic heterocycles. The predicted octanol–water partition coefficient (Wildman–Crippen LogP) is 2.23. The summed E-state index contributed by atoms with van der Waals surface area (Å²) >= 11 is 0. The molecular weight excluding hydrogens is 240 g/mol. The molecule has 106 valence electrons. The zero-order valence-corrected chi connectivity index (χ0v) is 11.8. The van der Waals surface area contributed by atoms with E-state index in [9.17, 15) is 10.2 Å². The van der Waals surface area contributed by atoms with Gasteiger partial charge in [0.25, 0.3) is 0 Å². The van der Waals surface area contributed by atoms with E-state index in [1.807, 2.05) is 6.92 Å². The third-order valence-corrected chi connectivity index (χ3v) is 4.01. The number of aromatic hydroxyl groups is 2. The van der Waals surface area contributed by atoms with Gasteiger partial charge in [-0.05, 0) is 51.5 Å². The Hall–Kier alpha value is -1.26. The molecule has 1 aliphatic rings. The molecule has 4 heteroatoms. The van der Waals surface area contributed by atoms with Crippen LogP contribution in [0.15, 0.2) is 18.2 Å². The van der Waals surface area contributed by atoms with E-state index < -0.39 is 0 Å². The number of piperidine rings is 1. The van der Waals surface area contributed by atoms with E-state index in [2.05, 4.69) is 17.1 Å². The van der Waals surface area contributed by atoms with Crippen molar-refractivity contribution in [2.24, 2.45) is 0 Å². The molecule has 1 aromatic rings. The van der Waals surface area contributed by atoms with Gasteiger partial charge in [-0.25, -0.2) is 0 Å². The summed E-state index contributed by atoms with van der Waals surface area (Å²) in [5.74, 6) is 0.317. The number of hydrogen-bond acceptors (Lipinski definition) is 4. The fourth-order valence-electron chi connectivity index (χ4n) is 2.84. The van der Waals surface area contributed by atoms with Crippen molar-refractivity contribution < 1.29 is 10.2 Å². The molecule has 0 spiro atoms. The minimum atomic E-state index is -0.0422. The second-order valence-electron chi connectivity index (χ2n) is 5.31. The Bertz CT molecular complexity index is 394. The SMILES string of the molecule is CCN1CCC(NC(C)c2c(O)cccc2O)CC1. The number of nitrogens with one attached hydrogen (secondary N) is 1. The second-order valence-corrected chi connectivity index (χ2v) is 5.31. The first-order chi connectivity index (χ1) is 9.11. The number of hydrogen-bond donors (Lipinski definition) is 3. The number of rotatable bonds is 4. The van der Waals surface area contributed by atoms with E-state index in [0.29, 0.717) is 11.6 Å². The lowest BCUT2D eigenvalue weighted by molar-refractivity contribution is 0.199. The minimum Gasteiger partial charge on any atom is -0.507 e. The van der Waals surface area contributed by atoms with Crippen LogP contribution in [0.1, 0.15) is 38.3 Å². The molecule has 19 heavy (non-hydrogen) atoms. The number of phenols is 2. The highest BCUT2D eigenvalue weighted by molar-refractivity contribution is 5.44. The quantitative estimate of drug-likeness (QED) is 0.780. The first-order valence-corrected chi connectivity index (χ1v) is 7.11. The van der Waals surface area contributed by atoms with E-state index in [0.717, 1.165) is 32.5 Å². The molecule has 2 rings (SSSR count). The first-order valence-electron chi connectivity index (χ1n) is 7.11. The van der Waals surface area contributed by atoms with Crippen molar-refractivity contribution in [2.75, 3.05) is 19.6 Å². The largest absolute Gasteiger partial charge is 0.507 e. The summed E-state index contributed by atoms with van der Waals surface area (Å²) < 4.78 is 0. The minimum absolute atomic E-state index is 0.0422. The number of phenolic OH excluding ortho intramolecular Hbond substituents is 2. The molecule has 1 unspecified atom stereocenters. The van der Waals surface area contributed by atoms with Crippen LogP contribution in [0.2, 0.25) is 0 Å². The maximum absolute atomic E-state index is 9.86. The molecule has 1 fully saturated rings. The number of nitrogens with zero attached hydrogens (tertiary/aromatic N) is 1. The zero-order valence-electron chi connectivity index (χ0n) is 11.8. The van der Waals surface area contributed by atoms with Gasteiger partial charge in [0.15, 0.2) is 0 Å². The van der Waals surface area contributed by atoms with Gasteiger partial charge < -0.3 is 20.4 Å². The average molecular weight is 264 g/mol. The van der Waals surface area contributed by atoms with Crippen LogP contribution in [0.3, 0.4) is 0 Å². The molecule has 0 amide bonds. The lowest BCUT2D eigenvalue weighted by atomic mass is 10.0. The van der Waals surface area contributed by atoms with Crippen LogP contribution in [-0.4, -0.2) is 40.8 Å². The van der Waals surface area contributed by atoms with Crippen LogP contribution >= 0.6 is 0 Å². The molecular formula is C15H24N2O2. The highest BCUT2D eigenvalue weighted by Gasteiger charge is 2.22. The van der Waals surface area contributed by atoms with Crippen molar-refractivity contribution in [3.05, 3.63) is 23.8 Å². The van der Waals surface area contributed by atoms with Crippen LogP contribution in [0.5, 0.6) is 11.5 Å². The van der Waals surface area contributed by atoms with Gasteiger partial charge in [0, 0.05) is 12.1 Å². The number of benzene rings is 1. The van der Waals surface area contributed by atoms with Crippen LogP contribution in [-0.2, 0) is 0 Å². The molecule has 0 bridgehead atoms. The summed E-state index contributed by atoms with van der Waals surface area (Å²) in [6.45, 7) is 7.53. The molecule has 0 radical (unpaired) electrons. The first kappa shape index (κ1) is 14.2. The standard InChI is InChI=1S/C15H24N2O2/c1-3-17-9-7-12(8-10-17)16-11(2)15-13(18)5-4-6-14(15)19/h4-6,11-12,16,18-19H,3,7-10H2,1-2H3. The van der Waals surface area contributed by atoms with Gasteiger partial charge in [-0.15, -0.1) is 0 Å². The van der Waals surface area contributed by atoms with Crippen molar-refractivity contribution >= 4 is 0 Å². The third-order valence-electron chi connectivity index (χ3n) is 4.01. The van der Waals surface area contributed by atoms with Crippen LogP contribution in [0, 0.1) is 0 Å². The van der Waals surface area contributed by atoms with Gasteiger partial charge >= 0.3 is 0 Å². The van der Waals surface area contributed by atoms with Crippen molar-refractivity contribution in [2.45, 2.75) is 38.8 Å². The van der Waals surface area contributed by atoms with E-state index in [4.69, 9.17) is 0 Å². The summed E-state index contributed by atoms with van der Waals surface area (Å²) in [7, 11) is 0. The predicted molar refractivity (Wildman–Crippen MR) is 76.5 cm³/mol. The van der Waals surface area contributed by atoms with E-state index in [1.165, 1.54) is 0 Å². The maximum atomic E-state index is 9.86. The van der Waals surface area contributed by atoms with Crippen molar-refractivity contribution in [1.82, 2.24) is 10.2 Å². The Balaban J connectivity index is 1.96. The Kier molecular flexibility index (Phi) is 4.66. The highest BCUT2D eigenvalue weighted by Crippen LogP contribution is 2.32. The van der Waals surface area contributed by atoms with Crippen molar-refractivity contribution in [3.8, 4) is 11.5 Å². The summed E-state index contributed by atoms with van der Waals surface area (Å²) in [4.78, 5) is 2.44. The van der Waals surface area contributed by atoms with Gasteiger partial charge in [-0.1, -0.05) is 13.0 Å². The van der Waals surface area contributed by atoms with Gasteiger partial charge in [0.05, 0.1) is 5.56 Å². The monoisotopic (exact) mass is 264 g/mol. The molecule has 4 nitrogen and oxygen atoms in total. The lowest BCUT2D eigenvalue weighted by Crippen LogP contribution is -2.43. The Labute approximate surface area is 115 Å². The lowest BCUT2D eigenvalue weighted by Gasteiger charge is -2.33. The molecule has 1 atom stereocenters. The summed E-state index contributed by atoms with van der Waals surface area (Å²) in [6, 6.07) is 5.30. The maximum Gasteiger partial charge on any atom is 0.124 e. The van der Waals surface area contributed by atoms with E-state index in [1.54, 1.807) is 18.2 Å². The Morgan fingerprint density at radius 2 is 1.84 bits per heavy atom. The molecule has 1 aromatic carbocycles. The second kappa shape index (κ2) is 6.26. The Morgan fingerprint density at radius 1 is 1.26 bits per heavy atom. The summed E-state index contributed by atoms with van der Waals surface area (Å²) in [6.07, 6.45) is 2.24. The molecule has 0 aromatic heterocycles. The van der Waals surface area contributed by atoms with Crippen molar-refractivity contribution in [3.63, 3.8) is 0 Å². The fourth-order valence-corrected chi connectivity index (χ4v) is 2.84. The Morgan fingerprint density at radius 3 is 2.37 bits per heavy atom. The van der Waals surface area contributed by atoms with E-state index in [-0.39, 0.29) is 17.5 Å². The normalized spacial score (nSPS) is 19.5. The molecule has 3 N–H and O–H groups in total. The van der Waals surface area contributed by atoms with Crippen LogP contribution in [0.25, 0.3) is 0 Å². The average Bonchev–Trinajstić information content (AvgIpc) is 2.39. The number of likely N-dealkylation sites (tertiary alicyclic amines) is 1. The third kappa shape index (κ3) is 3.39. The summed E-state index contributed by atoms with van der Waals surface area (Å²) in [5, 5.41) is 23.2. The van der Waals surface area contributed by atoms with E-state index >= 15 is 0 Å². The van der Waals surface area contributed by atoms with Gasteiger partial charge in [-0.3, -0.25) is 0 Å². The molecule has 1 saturated heterocycles. The molecule has 0 saturated carbocycles. The molecule has 1 heterocycles. The van der Waals surface area contributed by atoms with Gasteiger partial charge in [0.2, 0.25) is 0 Å². The topological polar surface area (TPSA) is 55.7 Å². The zero-order chi connectivity index (χ0) is 13.8. The van der Waals surface area contributed by atoms with Crippen LogP contribution < -0.4 is 5.32 Å². The summed E-state index contributed by atoms with van der Waals surface area (Å²) in [5.41, 5.74) is 0.598.